The van der Waals surface area contributed by atoms with Crippen molar-refractivity contribution in [3.63, 3.8) is 0 Å². The molecule has 1 amide bonds. The van der Waals surface area contributed by atoms with E-state index in [4.69, 9.17) is 0 Å². The van der Waals surface area contributed by atoms with Gasteiger partial charge >= 0.3 is 0 Å². The van der Waals surface area contributed by atoms with E-state index in [0.29, 0.717) is 22.5 Å². The van der Waals surface area contributed by atoms with E-state index in [1.807, 2.05) is 43.4 Å². The lowest BCUT2D eigenvalue weighted by Crippen LogP contribution is -2.17. The summed E-state index contributed by atoms with van der Waals surface area (Å²) in [4.78, 5) is 22.4. The van der Waals surface area contributed by atoms with Crippen molar-refractivity contribution < 1.29 is 4.79 Å². The highest BCUT2D eigenvalue weighted by atomic mass is 32.2. The largest absolute Gasteiger partial charge is 0.305 e. The summed E-state index contributed by atoms with van der Waals surface area (Å²) in [5.41, 5.74) is 1.36. The highest BCUT2D eigenvalue weighted by molar-refractivity contribution is 7.99. The zero-order chi connectivity index (χ0) is 17.9. The average Bonchev–Trinajstić information content (AvgIpc) is 2.94. The fourth-order valence-corrected chi connectivity index (χ4v) is 3.71. The van der Waals surface area contributed by atoms with Gasteiger partial charge in [-0.2, -0.15) is 5.10 Å². The number of benzene rings is 1. The van der Waals surface area contributed by atoms with Gasteiger partial charge in [0.1, 0.15) is 10.8 Å². The Labute approximate surface area is 156 Å². The number of aryl methyl sites for hydroxylation is 1. The number of aromatic nitrogens is 4. The number of hydrogen-bond acceptors (Lipinski definition) is 5. The fraction of sp³-hybridized carbons (Fsp3) is 0.263. The number of carbonyl (C=O) groups excluding carboxylic acids is 1. The molecule has 4 rings (SSSR count). The number of anilines is 1. The summed E-state index contributed by atoms with van der Waals surface area (Å²) in [5, 5.41) is 8.03. The Morgan fingerprint density at radius 3 is 2.69 bits per heavy atom. The third kappa shape index (κ3) is 3.48. The van der Waals surface area contributed by atoms with E-state index in [1.165, 1.54) is 37.2 Å². The Balaban J connectivity index is 1.54. The minimum absolute atomic E-state index is 0.278. The molecule has 6 nitrogen and oxygen atoms in total. The molecular formula is C19H19N5OS. The zero-order valence-corrected chi connectivity index (χ0v) is 15.2. The third-order valence-electron chi connectivity index (χ3n) is 4.50. The van der Waals surface area contributed by atoms with Gasteiger partial charge in [0.2, 0.25) is 0 Å². The lowest BCUT2D eigenvalue weighted by molar-refractivity contribution is 0.101. The lowest BCUT2D eigenvalue weighted by Gasteiger charge is -2.22. The summed E-state index contributed by atoms with van der Waals surface area (Å²) in [6, 6.07) is 11.8. The van der Waals surface area contributed by atoms with Crippen LogP contribution in [-0.2, 0) is 7.05 Å². The standard InChI is InChI=1S/C19H19N5OS/c1-24-16(12-15(23-24)13-6-5-7-13)22-18(25)17-19(21-11-10-20-17)26-14-8-3-2-4-9-14/h2-4,8-13H,5-7H2,1H3,(H,22,25). The molecule has 0 spiro atoms. The van der Waals surface area contributed by atoms with Gasteiger partial charge in [0.25, 0.3) is 5.91 Å². The summed E-state index contributed by atoms with van der Waals surface area (Å²) >= 11 is 1.42. The van der Waals surface area contributed by atoms with Gasteiger partial charge in [-0.3, -0.25) is 9.48 Å². The number of nitrogens with one attached hydrogen (secondary N) is 1. The average molecular weight is 365 g/mol. The number of carbonyl (C=O) groups is 1. The molecule has 26 heavy (non-hydrogen) atoms. The van der Waals surface area contributed by atoms with Gasteiger partial charge < -0.3 is 5.32 Å². The quantitative estimate of drug-likeness (QED) is 0.743. The van der Waals surface area contributed by atoms with E-state index in [2.05, 4.69) is 20.4 Å². The van der Waals surface area contributed by atoms with Crippen molar-refractivity contribution in [1.29, 1.82) is 0 Å². The maximum atomic E-state index is 12.8. The topological polar surface area (TPSA) is 72.7 Å². The summed E-state index contributed by atoms with van der Waals surface area (Å²) in [7, 11) is 1.84. The van der Waals surface area contributed by atoms with E-state index in [1.54, 1.807) is 10.9 Å². The van der Waals surface area contributed by atoms with E-state index >= 15 is 0 Å². The maximum Gasteiger partial charge on any atom is 0.278 e. The van der Waals surface area contributed by atoms with Crippen LogP contribution < -0.4 is 5.32 Å². The van der Waals surface area contributed by atoms with Gasteiger partial charge in [0.15, 0.2) is 5.69 Å². The molecule has 7 heteroatoms. The number of rotatable bonds is 5. The van der Waals surface area contributed by atoms with Crippen molar-refractivity contribution >= 4 is 23.5 Å². The first kappa shape index (κ1) is 16.8. The second kappa shape index (κ2) is 7.29. The second-order valence-electron chi connectivity index (χ2n) is 6.29. The number of nitrogens with zero attached hydrogens (tertiary/aromatic N) is 4. The van der Waals surface area contributed by atoms with E-state index < -0.39 is 0 Å². The Morgan fingerprint density at radius 2 is 1.96 bits per heavy atom. The van der Waals surface area contributed by atoms with E-state index in [0.717, 1.165) is 10.6 Å². The fourth-order valence-electron chi connectivity index (χ4n) is 2.84. The van der Waals surface area contributed by atoms with Crippen molar-refractivity contribution in [2.75, 3.05) is 5.32 Å². The molecule has 1 aliphatic carbocycles. The first-order valence-corrected chi connectivity index (χ1v) is 9.41. The van der Waals surface area contributed by atoms with Crippen LogP contribution in [0, 0.1) is 0 Å². The van der Waals surface area contributed by atoms with E-state index in [-0.39, 0.29) is 5.91 Å². The predicted octanol–water partition coefficient (Wildman–Crippen LogP) is 3.88. The molecule has 132 valence electrons. The molecule has 3 aromatic rings. The van der Waals surface area contributed by atoms with Crippen LogP contribution >= 0.6 is 11.8 Å². The van der Waals surface area contributed by atoms with Crippen molar-refractivity contribution in [2.24, 2.45) is 7.05 Å². The Morgan fingerprint density at radius 1 is 1.19 bits per heavy atom. The molecule has 1 aromatic carbocycles. The van der Waals surface area contributed by atoms with Gasteiger partial charge in [0, 0.05) is 36.3 Å². The molecule has 2 heterocycles. The lowest BCUT2D eigenvalue weighted by atomic mass is 9.83. The predicted molar refractivity (Wildman–Crippen MR) is 100 cm³/mol. The minimum Gasteiger partial charge on any atom is -0.305 e. The van der Waals surface area contributed by atoms with Crippen LogP contribution in [0.25, 0.3) is 0 Å². The summed E-state index contributed by atoms with van der Waals surface area (Å²) in [5.74, 6) is 0.922. The first-order valence-electron chi connectivity index (χ1n) is 8.60. The molecule has 1 fully saturated rings. The van der Waals surface area contributed by atoms with Crippen LogP contribution in [0.5, 0.6) is 0 Å². The van der Waals surface area contributed by atoms with Crippen molar-refractivity contribution in [2.45, 2.75) is 35.1 Å². The molecule has 0 bridgehead atoms. The molecule has 2 aromatic heterocycles. The summed E-state index contributed by atoms with van der Waals surface area (Å²) in [6.07, 6.45) is 6.73. The van der Waals surface area contributed by atoms with Gasteiger partial charge in [-0.1, -0.05) is 36.4 Å². The van der Waals surface area contributed by atoms with Gasteiger partial charge in [0.05, 0.1) is 5.69 Å². The summed E-state index contributed by atoms with van der Waals surface area (Å²) in [6.45, 7) is 0. The highest BCUT2D eigenvalue weighted by Gasteiger charge is 2.24. The Kier molecular flexibility index (Phi) is 4.71. The Hall–Kier alpha value is -2.67. The van der Waals surface area contributed by atoms with Crippen LogP contribution in [0.4, 0.5) is 5.82 Å². The maximum absolute atomic E-state index is 12.8. The smallest absolute Gasteiger partial charge is 0.278 e. The van der Waals surface area contributed by atoms with Crippen LogP contribution in [-0.4, -0.2) is 25.7 Å². The van der Waals surface area contributed by atoms with Crippen LogP contribution in [0.1, 0.15) is 41.4 Å². The molecule has 0 saturated heterocycles. The molecule has 0 radical (unpaired) electrons. The number of hydrogen-bond donors (Lipinski definition) is 1. The molecular weight excluding hydrogens is 346 g/mol. The van der Waals surface area contributed by atoms with Crippen molar-refractivity contribution in [1.82, 2.24) is 19.7 Å². The second-order valence-corrected chi connectivity index (χ2v) is 7.35. The first-order chi connectivity index (χ1) is 12.7. The van der Waals surface area contributed by atoms with Gasteiger partial charge in [-0.25, -0.2) is 9.97 Å². The van der Waals surface area contributed by atoms with Crippen LogP contribution in [0.2, 0.25) is 0 Å². The van der Waals surface area contributed by atoms with Crippen LogP contribution in [0.3, 0.4) is 0 Å². The van der Waals surface area contributed by atoms with Crippen molar-refractivity contribution in [3.8, 4) is 0 Å². The molecule has 1 N–H and O–H groups in total. The SMILES string of the molecule is Cn1nc(C2CCC2)cc1NC(=O)c1nccnc1Sc1ccccc1. The zero-order valence-electron chi connectivity index (χ0n) is 14.4. The monoisotopic (exact) mass is 365 g/mol. The third-order valence-corrected chi connectivity index (χ3v) is 5.50. The number of amides is 1. The van der Waals surface area contributed by atoms with Gasteiger partial charge in [-0.05, 0) is 25.0 Å². The summed E-state index contributed by atoms with van der Waals surface area (Å²) < 4.78 is 1.71. The normalized spacial score (nSPS) is 14.0. The minimum atomic E-state index is -0.278. The molecule has 0 atom stereocenters. The Bertz CT molecular complexity index is 921. The molecule has 1 aliphatic rings. The molecule has 0 aliphatic heterocycles. The van der Waals surface area contributed by atoms with E-state index in [9.17, 15) is 4.79 Å². The van der Waals surface area contributed by atoms with Crippen molar-refractivity contribution in [3.05, 3.63) is 60.2 Å². The highest BCUT2D eigenvalue weighted by Crippen LogP contribution is 2.36. The van der Waals surface area contributed by atoms with Crippen LogP contribution in [0.15, 0.2) is 58.7 Å². The molecule has 0 unspecified atom stereocenters. The van der Waals surface area contributed by atoms with Gasteiger partial charge in [-0.15, -0.1) is 0 Å². The molecule has 1 saturated carbocycles.